The quantitative estimate of drug-likeness (QED) is 0.0997. The summed E-state index contributed by atoms with van der Waals surface area (Å²) in [5.41, 5.74) is 0. The number of esters is 6. The van der Waals surface area contributed by atoms with Gasteiger partial charge in [0.1, 0.15) is 0 Å². The van der Waals surface area contributed by atoms with Crippen molar-refractivity contribution < 1.29 is 57.2 Å². The zero-order valence-corrected chi connectivity index (χ0v) is 36.7. The third-order valence-electron chi connectivity index (χ3n) is 5.96. The molecule has 262 valence electrons. The Labute approximate surface area is 294 Å². The number of unbranched alkanes of at least 4 members (excludes halogenated alkanes) is 2. The second-order valence-corrected chi connectivity index (χ2v) is 77.0. The number of hydrogen-bond acceptors (Lipinski definition) is 18. The van der Waals surface area contributed by atoms with Crippen LogP contribution >= 0.6 is 53.7 Å². The number of ether oxygens (including phenoxy) is 6. The molecule has 0 aromatic heterocycles. The SMILES string of the molecule is CCC[CH2][Sn]1([S]CC(=O)OCCOC(=O)C[S][Sn]2([CH2]CCC)[S]CC(=O)OCCOC(=O)C[S]2)[S]CC(=O)OCCOC(=O)C[S]1. The third-order valence-corrected chi connectivity index (χ3v) is 83.1. The fraction of sp³-hybridized carbons (Fsp3) is 0.769. The van der Waals surface area contributed by atoms with Crippen LogP contribution in [0.4, 0.5) is 0 Å². The second-order valence-electron chi connectivity index (χ2n) is 9.63. The molecule has 2 heterocycles. The summed E-state index contributed by atoms with van der Waals surface area (Å²) >= 11 is -6.71. The molecule has 0 N–H and O–H groups in total. The molecule has 0 amide bonds. The Bertz CT molecular complexity index is 902. The molecule has 0 radical (unpaired) electrons. The molecule has 20 heteroatoms. The maximum atomic E-state index is 12.6. The van der Waals surface area contributed by atoms with Crippen LogP contribution in [0.1, 0.15) is 39.5 Å². The van der Waals surface area contributed by atoms with Gasteiger partial charge in [-0.05, 0) is 0 Å². The van der Waals surface area contributed by atoms with Crippen molar-refractivity contribution in [1.82, 2.24) is 0 Å². The van der Waals surface area contributed by atoms with Crippen LogP contribution in [-0.2, 0) is 57.2 Å². The normalized spacial score (nSPS) is 19.6. The molecule has 46 heavy (non-hydrogen) atoms. The Balaban J connectivity index is 1.86. The molecule has 12 nitrogen and oxygen atoms in total. The van der Waals surface area contributed by atoms with E-state index in [1.807, 2.05) is 0 Å². The molecule has 0 saturated carbocycles. The molecule has 0 aliphatic carbocycles. The summed E-state index contributed by atoms with van der Waals surface area (Å²) in [6.07, 6.45) is 3.74. The molecule has 0 bridgehead atoms. The van der Waals surface area contributed by atoms with E-state index in [9.17, 15) is 28.8 Å². The molecule has 0 atom stereocenters. The summed E-state index contributed by atoms with van der Waals surface area (Å²) in [6, 6.07) is 0. The van der Waals surface area contributed by atoms with Crippen molar-refractivity contribution in [3.05, 3.63) is 0 Å². The van der Waals surface area contributed by atoms with E-state index in [-0.39, 0.29) is 98.0 Å². The van der Waals surface area contributed by atoms with Crippen molar-refractivity contribution in [2.24, 2.45) is 0 Å². The van der Waals surface area contributed by atoms with Crippen LogP contribution in [-0.4, -0.2) is 138 Å². The first-order valence-electron chi connectivity index (χ1n) is 14.9. The van der Waals surface area contributed by atoms with Crippen LogP contribution < -0.4 is 0 Å². The molecule has 2 aliphatic heterocycles. The summed E-state index contributed by atoms with van der Waals surface area (Å²) in [5, 5.41) is 0. The van der Waals surface area contributed by atoms with Crippen molar-refractivity contribution in [2.75, 3.05) is 74.2 Å². The van der Waals surface area contributed by atoms with Gasteiger partial charge in [0, 0.05) is 0 Å². The van der Waals surface area contributed by atoms with Crippen LogP contribution in [0.25, 0.3) is 0 Å². The van der Waals surface area contributed by atoms with Crippen LogP contribution in [0.3, 0.4) is 0 Å². The van der Waals surface area contributed by atoms with E-state index in [0.29, 0.717) is 0 Å². The van der Waals surface area contributed by atoms with E-state index in [0.717, 1.165) is 34.6 Å². The van der Waals surface area contributed by atoms with E-state index in [1.54, 1.807) is 35.8 Å². The van der Waals surface area contributed by atoms with Gasteiger partial charge in [-0.1, -0.05) is 0 Å². The van der Waals surface area contributed by atoms with Gasteiger partial charge in [-0.2, -0.15) is 0 Å². The number of carbonyl (C=O) groups is 6. The van der Waals surface area contributed by atoms with Crippen molar-refractivity contribution >= 4 is 118 Å². The first-order valence-corrected chi connectivity index (χ1v) is 45.8. The third kappa shape index (κ3) is 18.5. The standard InChI is InChI=1S/3C6H10O4S2.2C4H9.2Sn/c3*7-5(3-11)9-1-2-10-6(8)4-12;2*1-3-4-2;;/h3*11-12H,1-4H2;2*1,3-4H2,2H3;;/q;;;;;2*+3/p-6. The summed E-state index contributed by atoms with van der Waals surface area (Å²) in [5.74, 6) is -1.51. The number of cyclic esters (lactones) is 4. The van der Waals surface area contributed by atoms with Gasteiger partial charge in [-0.25, -0.2) is 0 Å². The first-order chi connectivity index (χ1) is 22.1. The fourth-order valence-electron chi connectivity index (χ4n) is 3.67. The van der Waals surface area contributed by atoms with Crippen molar-refractivity contribution in [2.45, 2.75) is 48.4 Å². The van der Waals surface area contributed by atoms with Gasteiger partial charge in [0.2, 0.25) is 0 Å². The fourth-order valence-corrected chi connectivity index (χ4v) is 71.2. The zero-order chi connectivity index (χ0) is 33.7. The molecule has 2 aliphatic rings. The Morgan fingerprint density at radius 3 is 1.20 bits per heavy atom. The minimum atomic E-state index is -3.35. The van der Waals surface area contributed by atoms with E-state index < -0.39 is 40.4 Å². The molecule has 2 rings (SSSR count). The van der Waals surface area contributed by atoms with Gasteiger partial charge in [0.05, 0.1) is 0 Å². The summed E-state index contributed by atoms with van der Waals surface area (Å²) in [4.78, 5) is 74.0. The van der Waals surface area contributed by atoms with Gasteiger partial charge in [-0.15, -0.1) is 0 Å². The van der Waals surface area contributed by atoms with Gasteiger partial charge in [-0.3, -0.25) is 0 Å². The monoisotopic (exact) mass is 978 g/mol. The number of hydrogen-bond donors (Lipinski definition) is 0. The molecule has 0 aromatic carbocycles. The van der Waals surface area contributed by atoms with E-state index in [2.05, 4.69) is 13.8 Å². The first kappa shape index (κ1) is 42.7. The van der Waals surface area contributed by atoms with Gasteiger partial charge in [0.25, 0.3) is 0 Å². The van der Waals surface area contributed by atoms with Crippen molar-refractivity contribution in [1.29, 1.82) is 0 Å². The topological polar surface area (TPSA) is 158 Å². The molecule has 2 saturated heterocycles. The number of carbonyl (C=O) groups excluding carboxylic acids is 6. The average Bonchev–Trinajstić information content (AvgIpc) is 3.10. The zero-order valence-electron chi connectivity index (χ0n) is 26.1. The molecular formula is C26H42O12S6Sn2. The molecular weight excluding hydrogens is 934 g/mol. The van der Waals surface area contributed by atoms with E-state index >= 15 is 0 Å². The maximum absolute atomic E-state index is 12.6. The van der Waals surface area contributed by atoms with Gasteiger partial charge < -0.3 is 0 Å². The van der Waals surface area contributed by atoms with Crippen LogP contribution in [0.5, 0.6) is 0 Å². The predicted octanol–water partition coefficient (Wildman–Crippen LogP) is 4.15. The summed E-state index contributed by atoms with van der Waals surface area (Å²) in [7, 11) is 9.24. The summed E-state index contributed by atoms with van der Waals surface area (Å²) < 4.78 is 33.0. The molecule has 2 fully saturated rings. The molecule has 0 spiro atoms. The average molecular weight is 976 g/mol. The van der Waals surface area contributed by atoms with E-state index in [4.69, 9.17) is 28.4 Å². The van der Waals surface area contributed by atoms with E-state index in [1.165, 1.54) is 17.9 Å². The summed E-state index contributed by atoms with van der Waals surface area (Å²) in [6.45, 7) is 4.07. The van der Waals surface area contributed by atoms with Gasteiger partial charge >= 0.3 is 298 Å². The van der Waals surface area contributed by atoms with Crippen LogP contribution in [0.15, 0.2) is 0 Å². The number of rotatable bonds is 15. The second kappa shape index (κ2) is 24.6. The van der Waals surface area contributed by atoms with Crippen LogP contribution in [0, 0.1) is 0 Å². The Morgan fingerprint density at radius 2 is 0.913 bits per heavy atom. The van der Waals surface area contributed by atoms with Crippen molar-refractivity contribution in [3.8, 4) is 0 Å². The minimum absolute atomic E-state index is 0.0312. The van der Waals surface area contributed by atoms with Gasteiger partial charge in [0.15, 0.2) is 0 Å². The van der Waals surface area contributed by atoms with Crippen molar-refractivity contribution in [3.63, 3.8) is 0 Å². The molecule has 0 unspecified atom stereocenters. The Hall–Kier alpha value is 0.517. The predicted molar refractivity (Wildman–Crippen MR) is 191 cm³/mol. The molecule has 0 aromatic rings. The van der Waals surface area contributed by atoms with Crippen LogP contribution in [0.2, 0.25) is 8.87 Å². The Kier molecular flexibility index (Phi) is 22.9. The Morgan fingerprint density at radius 1 is 0.609 bits per heavy atom.